The van der Waals surface area contributed by atoms with Gasteiger partial charge in [0.05, 0.1) is 12.2 Å². The van der Waals surface area contributed by atoms with E-state index < -0.39 is 0 Å². The molecule has 1 N–H and O–H groups in total. The van der Waals surface area contributed by atoms with Gasteiger partial charge in [0.25, 0.3) is 5.91 Å². The van der Waals surface area contributed by atoms with Crippen molar-refractivity contribution < 1.29 is 9.21 Å². The van der Waals surface area contributed by atoms with Crippen molar-refractivity contribution in [2.24, 2.45) is 0 Å². The van der Waals surface area contributed by atoms with Gasteiger partial charge >= 0.3 is 0 Å². The van der Waals surface area contributed by atoms with Crippen LogP contribution in [0, 0.1) is 6.92 Å². The molecular formula is C16H15N3O2S. The zero-order valence-electron chi connectivity index (χ0n) is 12.1. The van der Waals surface area contributed by atoms with E-state index in [0.717, 1.165) is 39.9 Å². The Morgan fingerprint density at radius 1 is 1.45 bits per heavy atom. The summed E-state index contributed by atoms with van der Waals surface area (Å²) in [5.41, 5.74) is 2.34. The number of thioether (sulfide) groups is 1. The summed E-state index contributed by atoms with van der Waals surface area (Å²) < 4.78 is 7.65. The van der Waals surface area contributed by atoms with Crippen molar-refractivity contribution in [3.8, 4) is 0 Å². The number of benzene rings is 1. The summed E-state index contributed by atoms with van der Waals surface area (Å²) in [6.45, 7) is 3.34. The van der Waals surface area contributed by atoms with Crippen LogP contribution < -0.4 is 5.32 Å². The maximum Gasteiger partial charge on any atom is 0.251 e. The number of amides is 1. The van der Waals surface area contributed by atoms with E-state index in [1.807, 2.05) is 31.3 Å². The number of nitrogens with zero attached hydrogens (tertiary/aromatic N) is 2. The van der Waals surface area contributed by atoms with E-state index in [0.29, 0.717) is 12.1 Å². The Bertz CT molecular complexity index is 844. The van der Waals surface area contributed by atoms with Crippen molar-refractivity contribution in [3.05, 3.63) is 47.5 Å². The van der Waals surface area contributed by atoms with Crippen LogP contribution in [0.1, 0.15) is 21.8 Å². The van der Waals surface area contributed by atoms with E-state index in [9.17, 15) is 4.79 Å². The zero-order chi connectivity index (χ0) is 15.1. The first kappa shape index (κ1) is 13.5. The van der Waals surface area contributed by atoms with Crippen molar-refractivity contribution in [3.63, 3.8) is 0 Å². The van der Waals surface area contributed by atoms with E-state index in [1.165, 1.54) is 0 Å². The molecule has 1 aliphatic heterocycles. The molecule has 5 nitrogen and oxygen atoms in total. The number of nitrogens with one attached hydrogen (secondary N) is 1. The molecule has 0 spiro atoms. The number of imidazole rings is 1. The van der Waals surface area contributed by atoms with Crippen LogP contribution >= 0.6 is 11.8 Å². The van der Waals surface area contributed by atoms with Gasteiger partial charge in [-0.25, -0.2) is 4.98 Å². The molecule has 1 amide bonds. The van der Waals surface area contributed by atoms with Crippen LogP contribution in [0.5, 0.6) is 0 Å². The highest BCUT2D eigenvalue weighted by Crippen LogP contribution is 2.24. The first-order valence-electron chi connectivity index (χ1n) is 7.16. The third-order valence-electron chi connectivity index (χ3n) is 3.68. The average molecular weight is 313 g/mol. The van der Waals surface area contributed by atoms with Gasteiger partial charge in [0.1, 0.15) is 11.3 Å². The molecule has 2 aromatic heterocycles. The maximum atomic E-state index is 12.3. The molecule has 0 atom stereocenters. The van der Waals surface area contributed by atoms with Gasteiger partial charge in [0.2, 0.25) is 0 Å². The highest BCUT2D eigenvalue weighted by atomic mass is 32.2. The minimum absolute atomic E-state index is 0.0958. The number of fused-ring (bicyclic) bond motifs is 2. The first-order valence-corrected chi connectivity index (χ1v) is 8.15. The van der Waals surface area contributed by atoms with Crippen molar-refractivity contribution in [2.75, 3.05) is 5.75 Å². The van der Waals surface area contributed by atoms with E-state index in [4.69, 9.17) is 4.42 Å². The Balaban J connectivity index is 1.48. The molecule has 4 rings (SSSR count). The average Bonchev–Trinajstić information content (AvgIpc) is 3.16. The molecule has 0 saturated carbocycles. The van der Waals surface area contributed by atoms with Crippen molar-refractivity contribution in [1.82, 2.24) is 14.9 Å². The quantitative estimate of drug-likeness (QED) is 0.807. The summed E-state index contributed by atoms with van der Waals surface area (Å²) in [4.78, 5) is 16.8. The third-order valence-corrected chi connectivity index (χ3v) is 4.66. The number of carbonyl (C=O) groups excluding carboxylic acids is 1. The summed E-state index contributed by atoms with van der Waals surface area (Å²) in [7, 11) is 0. The molecule has 0 aliphatic carbocycles. The number of hydrogen-bond acceptors (Lipinski definition) is 4. The zero-order valence-corrected chi connectivity index (χ0v) is 12.9. The van der Waals surface area contributed by atoms with Crippen LogP contribution in [-0.2, 0) is 13.1 Å². The second-order valence-corrected chi connectivity index (χ2v) is 6.41. The SMILES string of the molecule is Cc1cc2cc(C(=O)NCc3cn4c(n3)SCC4)ccc2o1. The highest BCUT2D eigenvalue weighted by Gasteiger charge is 2.15. The van der Waals surface area contributed by atoms with Gasteiger partial charge in [-0.05, 0) is 31.2 Å². The lowest BCUT2D eigenvalue weighted by Gasteiger charge is -2.03. The number of aromatic nitrogens is 2. The van der Waals surface area contributed by atoms with Crippen LogP contribution in [0.4, 0.5) is 0 Å². The Labute approximate surface area is 131 Å². The van der Waals surface area contributed by atoms with Gasteiger partial charge in [0, 0.05) is 29.4 Å². The number of rotatable bonds is 3. The van der Waals surface area contributed by atoms with Crippen LogP contribution in [-0.4, -0.2) is 21.2 Å². The summed E-state index contributed by atoms with van der Waals surface area (Å²) in [5.74, 6) is 1.83. The monoisotopic (exact) mass is 313 g/mol. The van der Waals surface area contributed by atoms with Gasteiger partial charge in [-0.3, -0.25) is 4.79 Å². The lowest BCUT2D eigenvalue weighted by Crippen LogP contribution is -2.22. The fourth-order valence-corrected chi connectivity index (χ4v) is 3.60. The lowest BCUT2D eigenvalue weighted by atomic mass is 10.1. The molecular weight excluding hydrogens is 298 g/mol. The summed E-state index contributed by atoms with van der Waals surface area (Å²) in [5, 5.41) is 4.91. The minimum atomic E-state index is -0.0958. The van der Waals surface area contributed by atoms with Gasteiger partial charge in [-0.1, -0.05) is 11.8 Å². The van der Waals surface area contributed by atoms with Crippen molar-refractivity contribution >= 4 is 28.6 Å². The smallest absolute Gasteiger partial charge is 0.251 e. The van der Waals surface area contributed by atoms with Gasteiger partial charge in [-0.15, -0.1) is 0 Å². The predicted octanol–water partition coefficient (Wildman–Crippen LogP) is 2.97. The summed E-state index contributed by atoms with van der Waals surface area (Å²) >= 11 is 1.75. The fraction of sp³-hybridized carbons (Fsp3) is 0.250. The maximum absolute atomic E-state index is 12.3. The molecule has 0 bridgehead atoms. The molecule has 6 heteroatoms. The lowest BCUT2D eigenvalue weighted by molar-refractivity contribution is 0.0950. The van der Waals surface area contributed by atoms with E-state index >= 15 is 0 Å². The molecule has 1 aliphatic rings. The standard InChI is InChI=1S/C16H15N3O2S/c1-10-6-12-7-11(2-3-14(12)21-10)15(20)17-8-13-9-19-4-5-22-16(19)18-13/h2-3,6-7,9H,4-5,8H2,1H3,(H,17,20). The molecule has 3 aromatic rings. The Hall–Kier alpha value is -2.21. The Morgan fingerprint density at radius 2 is 2.36 bits per heavy atom. The fourth-order valence-electron chi connectivity index (χ4n) is 2.64. The van der Waals surface area contributed by atoms with Crippen molar-refractivity contribution in [2.45, 2.75) is 25.2 Å². The molecule has 0 saturated heterocycles. The molecule has 3 heterocycles. The molecule has 0 fully saturated rings. The number of carbonyl (C=O) groups is 1. The van der Waals surface area contributed by atoms with Gasteiger partial charge in [0.15, 0.2) is 5.16 Å². The Morgan fingerprint density at radius 3 is 3.23 bits per heavy atom. The van der Waals surface area contributed by atoms with Crippen molar-refractivity contribution in [1.29, 1.82) is 0 Å². The van der Waals surface area contributed by atoms with Gasteiger partial charge in [-0.2, -0.15) is 0 Å². The third kappa shape index (κ3) is 2.39. The second kappa shape index (κ2) is 5.21. The second-order valence-electron chi connectivity index (χ2n) is 5.35. The van der Waals surface area contributed by atoms with E-state index in [-0.39, 0.29) is 5.91 Å². The van der Waals surface area contributed by atoms with E-state index in [1.54, 1.807) is 17.8 Å². The topological polar surface area (TPSA) is 60.1 Å². The molecule has 0 radical (unpaired) electrons. The van der Waals surface area contributed by atoms with E-state index in [2.05, 4.69) is 14.9 Å². The molecule has 1 aromatic carbocycles. The normalized spacial score (nSPS) is 13.5. The van der Waals surface area contributed by atoms with Crippen LogP contribution in [0.2, 0.25) is 0 Å². The molecule has 112 valence electrons. The van der Waals surface area contributed by atoms with Crippen LogP contribution in [0.25, 0.3) is 11.0 Å². The summed E-state index contributed by atoms with van der Waals surface area (Å²) in [6, 6.07) is 7.40. The predicted molar refractivity (Wildman–Crippen MR) is 85.1 cm³/mol. The number of furan rings is 1. The minimum Gasteiger partial charge on any atom is -0.461 e. The van der Waals surface area contributed by atoms with Crippen LogP contribution in [0.15, 0.2) is 40.0 Å². The largest absolute Gasteiger partial charge is 0.461 e. The first-order chi connectivity index (χ1) is 10.7. The molecule has 0 unspecified atom stereocenters. The Kier molecular flexibility index (Phi) is 3.18. The van der Waals surface area contributed by atoms with Crippen LogP contribution in [0.3, 0.4) is 0 Å². The summed E-state index contributed by atoms with van der Waals surface area (Å²) in [6.07, 6.45) is 2.01. The number of aryl methyl sites for hydroxylation is 2. The highest BCUT2D eigenvalue weighted by molar-refractivity contribution is 7.99. The number of hydrogen-bond donors (Lipinski definition) is 1. The van der Waals surface area contributed by atoms with Gasteiger partial charge < -0.3 is 14.3 Å². The molecule has 22 heavy (non-hydrogen) atoms.